The molecule has 1 aromatic rings. The molecule has 2 N–H and O–H groups in total. The van der Waals surface area contributed by atoms with E-state index in [1.807, 2.05) is 6.07 Å². The highest BCUT2D eigenvalue weighted by Crippen LogP contribution is 2.43. The van der Waals surface area contributed by atoms with E-state index >= 15 is 0 Å². The predicted octanol–water partition coefficient (Wildman–Crippen LogP) is 1.15. The number of hydrogen-bond acceptors (Lipinski definition) is 4. The third-order valence-electron chi connectivity index (χ3n) is 3.78. The summed E-state index contributed by atoms with van der Waals surface area (Å²) < 4.78 is 0. The molecule has 2 fully saturated rings. The molecule has 0 aromatic carbocycles. The molecule has 0 bridgehead atoms. The Morgan fingerprint density at radius 3 is 2.65 bits per heavy atom. The quantitative estimate of drug-likeness (QED) is 0.878. The van der Waals surface area contributed by atoms with Crippen molar-refractivity contribution < 1.29 is 4.79 Å². The number of hydrogen-bond donors (Lipinski definition) is 2. The van der Waals surface area contributed by atoms with Crippen LogP contribution in [0.4, 0.5) is 5.69 Å². The highest BCUT2D eigenvalue weighted by molar-refractivity contribution is 5.92. The van der Waals surface area contributed by atoms with Gasteiger partial charge in [0.2, 0.25) is 0 Å². The third-order valence-corrected chi connectivity index (χ3v) is 3.78. The summed E-state index contributed by atoms with van der Waals surface area (Å²) >= 11 is 0. The van der Waals surface area contributed by atoms with Gasteiger partial charge in [0.15, 0.2) is 0 Å². The summed E-state index contributed by atoms with van der Waals surface area (Å²) in [5.41, 5.74) is 2.86. The number of halogens is 1. The molecule has 1 aliphatic heterocycles. The number of piperazine rings is 1. The number of nitrogens with zero attached hydrogens (tertiary/aromatic N) is 2. The molecule has 1 saturated heterocycles. The molecule has 0 radical (unpaired) electrons. The van der Waals surface area contributed by atoms with Crippen LogP contribution in [0.25, 0.3) is 0 Å². The van der Waals surface area contributed by atoms with Gasteiger partial charge in [-0.2, -0.15) is 0 Å². The summed E-state index contributed by atoms with van der Waals surface area (Å²) in [6.45, 7) is 4.06. The molecule has 110 valence electrons. The van der Waals surface area contributed by atoms with Gasteiger partial charge in [-0.05, 0) is 25.0 Å². The van der Waals surface area contributed by atoms with Crippen LogP contribution in [-0.2, 0) is 0 Å². The Labute approximate surface area is 125 Å². The Bertz CT molecular complexity index is 484. The van der Waals surface area contributed by atoms with E-state index in [4.69, 9.17) is 0 Å². The second kappa shape index (κ2) is 6.41. The Morgan fingerprint density at radius 1 is 1.35 bits per heavy atom. The lowest BCUT2D eigenvalue weighted by molar-refractivity contribution is 0.0958. The van der Waals surface area contributed by atoms with Gasteiger partial charge in [-0.15, -0.1) is 12.4 Å². The minimum absolute atomic E-state index is 0. The fourth-order valence-corrected chi connectivity index (χ4v) is 2.55. The van der Waals surface area contributed by atoms with E-state index in [-0.39, 0.29) is 18.3 Å². The fourth-order valence-electron chi connectivity index (χ4n) is 2.55. The first-order chi connectivity index (χ1) is 9.29. The number of pyridine rings is 1. The molecule has 5 nitrogen and oxygen atoms in total. The predicted molar refractivity (Wildman–Crippen MR) is 81.9 cm³/mol. The van der Waals surface area contributed by atoms with Gasteiger partial charge < -0.3 is 15.5 Å². The summed E-state index contributed by atoms with van der Waals surface area (Å²) in [5.74, 6) is 0.447. The van der Waals surface area contributed by atoms with Crippen LogP contribution in [0, 0.1) is 0 Å². The van der Waals surface area contributed by atoms with E-state index in [1.165, 1.54) is 18.5 Å². The van der Waals surface area contributed by atoms with Crippen molar-refractivity contribution in [1.29, 1.82) is 0 Å². The van der Waals surface area contributed by atoms with Gasteiger partial charge in [0, 0.05) is 39.1 Å². The van der Waals surface area contributed by atoms with Gasteiger partial charge in [0.05, 0.1) is 11.4 Å². The van der Waals surface area contributed by atoms with Gasteiger partial charge in [-0.3, -0.25) is 4.79 Å². The molecule has 1 aliphatic carbocycles. The van der Waals surface area contributed by atoms with Crippen molar-refractivity contribution in [3.05, 3.63) is 23.5 Å². The van der Waals surface area contributed by atoms with Crippen molar-refractivity contribution in [2.75, 3.05) is 38.1 Å². The topological polar surface area (TPSA) is 57.3 Å². The zero-order chi connectivity index (χ0) is 13.2. The molecule has 2 heterocycles. The van der Waals surface area contributed by atoms with E-state index in [2.05, 4.69) is 26.6 Å². The molecule has 1 saturated carbocycles. The van der Waals surface area contributed by atoms with Crippen molar-refractivity contribution in [3.63, 3.8) is 0 Å². The first-order valence-electron chi connectivity index (χ1n) is 6.98. The maximum absolute atomic E-state index is 11.7. The molecule has 20 heavy (non-hydrogen) atoms. The maximum atomic E-state index is 11.7. The van der Waals surface area contributed by atoms with Crippen LogP contribution in [-0.4, -0.2) is 44.1 Å². The number of carbonyl (C=O) groups excluding carboxylic acids is 1. The van der Waals surface area contributed by atoms with E-state index in [0.29, 0.717) is 11.6 Å². The summed E-state index contributed by atoms with van der Waals surface area (Å²) in [6, 6.07) is 3.90. The first kappa shape index (κ1) is 15.1. The second-order valence-electron chi connectivity index (χ2n) is 5.19. The minimum atomic E-state index is -0.103. The fraction of sp³-hybridized carbons (Fsp3) is 0.571. The minimum Gasteiger partial charge on any atom is -0.368 e. The number of rotatable bonds is 3. The van der Waals surface area contributed by atoms with Gasteiger partial charge >= 0.3 is 0 Å². The first-order valence-corrected chi connectivity index (χ1v) is 6.98. The largest absolute Gasteiger partial charge is 0.368 e. The summed E-state index contributed by atoms with van der Waals surface area (Å²) in [7, 11) is 1.64. The Kier molecular flexibility index (Phi) is 4.83. The molecule has 3 rings (SSSR count). The van der Waals surface area contributed by atoms with Crippen molar-refractivity contribution in [1.82, 2.24) is 15.6 Å². The van der Waals surface area contributed by atoms with Crippen LogP contribution in [0.1, 0.15) is 34.9 Å². The van der Waals surface area contributed by atoms with Crippen LogP contribution in [0.15, 0.2) is 12.1 Å². The van der Waals surface area contributed by atoms with E-state index < -0.39 is 0 Å². The van der Waals surface area contributed by atoms with Crippen LogP contribution < -0.4 is 15.5 Å². The lowest BCUT2D eigenvalue weighted by Gasteiger charge is -2.31. The van der Waals surface area contributed by atoms with Crippen molar-refractivity contribution in [2.24, 2.45) is 0 Å². The number of aromatic nitrogens is 1. The Hall–Kier alpha value is -1.33. The van der Waals surface area contributed by atoms with Crippen LogP contribution in [0.3, 0.4) is 0 Å². The molecule has 0 atom stereocenters. The van der Waals surface area contributed by atoms with Gasteiger partial charge in [0.1, 0.15) is 5.69 Å². The molecular weight excluding hydrogens is 276 g/mol. The highest BCUT2D eigenvalue weighted by Gasteiger charge is 2.30. The number of carbonyl (C=O) groups is 1. The van der Waals surface area contributed by atoms with E-state index in [0.717, 1.165) is 31.9 Å². The van der Waals surface area contributed by atoms with Gasteiger partial charge in [-0.25, -0.2) is 4.98 Å². The lowest BCUT2D eigenvalue weighted by Crippen LogP contribution is -2.44. The van der Waals surface area contributed by atoms with Crippen molar-refractivity contribution in [2.45, 2.75) is 18.8 Å². The average molecular weight is 297 g/mol. The Balaban J connectivity index is 0.00000147. The van der Waals surface area contributed by atoms with Crippen LogP contribution in [0.2, 0.25) is 0 Å². The normalized spacial score (nSPS) is 18.4. The summed E-state index contributed by atoms with van der Waals surface area (Å²) in [5, 5.41) is 6.00. The van der Waals surface area contributed by atoms with E-state index in [9.17, 15) is 4.79 Å². The van der Waals surface area contributed by atoms with Gasteiger partial charge in [0.25, 0.3) is 5.91 Å². The maximum Gasteiger partial charge on any atom is 0.269 e. The van der Waals surface area contributed by atoms with Crippen molar-refractivity contribution in [3.8, 4) is 0 Å². The standard InChI is InChI=1S/C14H20N4O.ClH/c1-15-14(19)11-4-5-12(13(17-11)10-2-3-10)18-8-6-16-7-9-18;/h4-5,10,16H,2-3,6-9H2,1H3,(H,15,19);1H. The highest BCUT2D eigenvalue weighted by atomic mass is 35.5. The third kappa shape index (κ3) is 3.04. The molecule has 1 aromatic heterocycles. The lowest BCUT2D eigenvalue weighted by atomic mass is 10.1. The monoisotopic (exact) mass is 296 g/mol. The molecule has 0 spiro atoms. The molecule has 2 aliphatic rings. The number of amides is 1. The summed E-state index contributed by atoms with van der Waals surface area (Å²) in [6.07, 6.45) is 2.40. The smallest absolute Gasteiger partial charge is 0.269 e. The summed E-state index contributed by atoms with van der Waals surface area (Å²) in [4.78, 5) is 18.7. The van der Waals surface area contributed by atoms with Crippen LogP contribution in [0.5, 0.6) is 0 Å². The van der Waals surface area contributed by atoms with Gasteiger partial charge in [-0.1, -0.05) is 0 Å². The zero-order valence-corrected chi connectivity index (χ0v) is 12.5. The SMILES string of the molecule is CNC(=O)c1ccc(N2CCNCC2)c(C2CC2)n1.Cl. The average Bonchev–Trinajstić information content (AvgIpc) is 3.31. The second-order valence-corrected chi connectivity index (χ2v) is 5.19. The molecule has 1 amide bonds. The Morgan fingerprint density at radius 2 is 2.05 bits per heavy atom. The van der Waals surface area contributed by atoms with Crippen molar-refractivity contribution >= 4 is 24.0 Å². The zero-order valence-electron chi connectivity index (χ0n) is 11.7. The molecule has 6 heteroatoms. The van der Waals surface area contributed by atoms with Crippen LogP contribution >= 0.6 is 12.4 Å². The van der Waals surface area contributed by atoms with E-state index in [1.54, 1.807) is 7.05 Å². The molecule has 0 unspecified atom stereocenters. The number of anilines is 1. The molecular formula is C14H21ClN4O. The number of nitrogens with one attached hydrogen (secondary N) is 2.